The van der Waals surface area contributed by atoms with Crippen molar-refractivity contribution in [2.24, 2.45) is 11.8 Å². The zero-order valence-electron chi connectivity index (χ0n) is 13.8. The molecule has 1 N–H and O–H groups in total. The number of rotatable bonds is 2. The van der Waals surface area contributed by atoms with Gasteiger partial charge in [-0.2, -0.15) is 0 Å². The number of ether oxygens (including phenoxy) is 1. The molecule has 0 unspecified atom stereocenters. The molecule has 7 heteroatoms. The maximum absolute atomic E-state index is 12.3. The van der Waals surface area contributed by atoms with E-state index in [0.29, 0.717) is 17.9 Å². The fourth-order valence-electron chi connectivity index (χ4n) is 3.50. The van der Waals surface area contributed by atoms with Gasteiger partial charge in [-0.3, -0.25) is 0 Å². The standard InChI is InChI=1S/C16H23BrN4O2/c1-16(2,3)23-15(22)21-8-10-4-5-12(11(10)9-21)18-14-7-6-13(17)19-20-14/h6-7,10-12H,4-5,8-9H2,1-3H3,(H,18,20)/t10-,11+,12+/m0/s1. The molecule has 1 aromatic rings. The van der Waals surface area contributed by atoms with Crippen molar-refractivity contribution in [1.82, 2.24) is 15.1 Å². The number of anilines is 1. The molecule has 2 fully saturated rings. The van der Waals surface area contributed by atoms with Crippen LogP contribution in [0.5, 0.6) is 0 Å². The van der Waals surface area contributed by atoms with Crippen LogP contribution in [0.15, 0.2) is 16.7 Å². The number of carbonyl (C=O) groups excluding carboxylic acids is 1. The van der Waals surface area contributed by atoms with E-state index in [2.05, 4.69) is 31.4 Å². The van der Waals surface area contributed by atoms with Crippen molar-refractivity contribution < 1.29 is 9.53 Å². The van der Waals surface area contributed by atoms with E-state index in [4.69, 9.17) is 4.74 Å². The Hall–Kier alpha value is -1.37. The molecule has 0 aromatic carbocycles. The molecule has 0 spiro atoms. The molecule has 1 aliphatic carbocycles. The Labute approximate surface area is 145 Å². The third-order valence-corrected chi connectivity index (χ3v) is 4.90. The first-order valence-electron chi connectivity index (χ1n) is 8.05. The molecule has 2 aliphatic rings. The molecule has 6 nitrogen and oxygen atoms in total. The molecular weight excluding hydrogens is 360 g/mol. The van der Waals surface area contributed by atoms with Gasteiger partial charge in [-0.25, -0.2) is 4.79 Å². The number of aromatic nitrogens is 2. The second-order valence-corrected chi connectivity index (χ2v) is 8.19. The number of hydrogen-bond acceptors (Lipinski definition) is 5. The number of carbonyl (C=O) groups is 1. The van der Waals surface area contributed by atoms with E-state index in [1.807, 2.05) is 37.8 Å². The molecule has 3 atom stereocenters. The van der Waals surface area contributed by atoms with Crippen LogP contribution < -0.4 is 5.32 Å². The average molecular weight is 383 g/mol. The van der Waals surface area contributed by atoms with Gasteiger partial charge < -0.3 is 15.0 Å². The highest BCUT2D eigenvalue weighted by molar-refractivity contribution is 9.10. The van der Waals surface area contributed by atoms with Crippen LogP contribution in [0.25, 0.3) is 0 Å². The molecule has 23 heavy (non-hydrogen) atoms. The minimum absolute atomic E-state index is 0.200. The molecule has 1 saturated carbocycles. The maximum Gasteiger partial charge on any atom is 0.410 e. The van der Waals surface area contributed by atoms with Crippen molar-refractivity contribution in [2.75, 3.05) is 18.4 Å². The summed E-state index contributed by atoms with van der Waals surface area (Å²) in [6, 6.07) is 4.14. The number of fused-ring (bicyclic) bond motifs is 1. The van der Waals surface area contributed by atoms with Crippen molar-refractivity contribution in [1.29, 1.82) is 0 Å². The topological polar surface area (TPSA) is 67.3 Å². The summed E-state index contributed by atoms with van der Waals surface area (Å²) in [5.74, 6) is 1.78. The van der Waals surface area contributed by atoms with Crippen LogP contribution in [0.3, 0.4) is 0 Å². The fraction of sp³-hybridized carbons (Fsp3) is 0.688. The Morgan fingerprint density at radius 1 is 1.30 bits per heavy atom. The maximum atomic E-state index is 12.3. The van der Waals surface area contributed by atoms with E-state index in [0.717, 1.165) is 36.4 Å². The third-order valence-electron chi connectivity index (χ3n) is 4.47. The van der Waals surface area contributed by atoms with Gasteiger partial charge in [0.15, 0.2) is 0 Å². The van der Waals surface area contributed by atoms with E-state index < -0.39 is 5.60 Å². The van der Waals surface area contributed by atoms with Crippen molar-refractivity contribution in [3.8, 4) is 0 Å². The summed E-state index contributed by atoms with van der Waals surface area (Å²) in [7, 11) is 0. The Morgan fingerprint density at radius 3 is 2.74 bits per heavy atom. The van der Waals surface area contributed by atoms with Crippen LogP contribution in [0.4, 0.5) is 10.6 Å². The van der Waals surface area contributed by atoms with Crippen LogP contribution in [-0.4, -0.2) is 45.9 Å². The highest BCUT2D eigenvalue weighted by Crippen LogP contribution is 2.39. The van der Waals surface area contributed by atoms with Crippen molar-refractivity contribution >= 4 is 27.8 Å². The van der Waals surface area contributed by atoms with Gasteiger partial charge in [0.05, 0.1) is 0 Å². The summed E-state index contributed by atoms with van der Waals surface area (Å²) >= 11 is 3.29. The first kappa shape index (κ1) is 16.5. The molecule has 1 amide bonds. The van der Waals surface area contributed by atoms with Crippen LogP contribution in [-0.2, 0) is 4.74 Å². The van der Waals surface area contributed by atoms with Crippen molar-refractivity contribution in [3.63, 3.8) is 0 Å². The van der Waals surface area contributed by atoms with E-state index >= 15 is 0 Å². The number of nitrogens with zero attached hydrogens (tertiary/aromatic N) is 3. The van der Waals surface area contributed by atoms with Crippen LogP contribution in [0.1, 0.15) is 33.6 Å². The molecular formula is C16H23BrN4O2. The van der Waals surface area contributed by atoms with Crippen LogP contribution in [0.2, 0.25) is 0 Å². The Morgan fingerprint density at radius 2 is 2.09 bits per heavy atom. The Kier molecular flexibility index (Phi) is 4.49. The van der Waals surface area contributed by atoms with Gasteiger partial charge >= 0.3 is 6.09 Å². The van der Waals surface area contributed by atoms with E-state index in [-0.39, 0.29) is 6.09 Å². The third kappa shape index (κ3) is 3.94. The predicted octanol–water partition coefficient (Wildman–Crippen LogP) is 3.30. The van der Waals surface area contributed by atoms with Gasteiger partial charge in [-0.1, -0.05) is 0 Å². The molecule has 0 radical (unpaired) electrons. The van der Waals surface area contributed by atoms with Crippen LogP contribution >= 0.6 is 15.9 Å². The number of likely N-dealkylation sites (tertiary alicyclic amines) is 1. The van der Waals surface area contributed by atoms with E-state index in [1.165, 1.54) is 0 Å². The summed E-state index contributed by atoms with van der Waals surface area (Å²) in [5, 5.41) is 11.6. The minimum atomic E-state index is -0.445. The molecule has 1 aromatic heterocycles. The molecule has 1 saturated heterocycles. The SMILES string of the molecule is CC(C)(C)OC(=O)N1C[C@@H]2CC[C@@H](Nc3ccc(Br)nn3)[C@@H]2C1. The van der Waals surface area contributed by atoms with E-state index in [9.17, 15) is 4.79 Å². The van der Waals surface area contributed by atoms with Gasteiger partial charge in [0, 0.05) is 25.0 Å². The summed E-state index contributed by atoms with van der Waals surface area (Å²) in [6.07, 6.45) is 2.04. The fourth-order valence-corrected chi connectivity index (χ4v) is 3.71. The van der Waals surface area contributed by atoms with Gasteiger partial charge in [0.1, 0.15) is 16.0 Å². The number of nitrogens with one attached hydrogen (secondary N) is 1. The zero-order valence-corrected chi connectivity index (χ0v) is 15.3. The minimum Gasteiger partial charge on any atom is -0.444 e. The first-order chi connectivity index (χ1) is 10.8. The van der Waals surface area contributed by atoms with Crippen molar-refractivity contribution in [3.05, 3.63) is 16.7 Å². The lowest BCUT2D eigenvalue weighted by Crippen LogP contribution is -2.37. The molecule has 2 heterocycles. The average Bonchev–Trinajstić information content (AvgIpc) is 3.01. The number of amides is 1. The highest BCUT2D eigenvalue weighted by Gasteiger charge is 2.45. The summed E-state index contributed by atoms with van der Waals surface area (Å²) in [4.78, 5) is 14.1. The Balaban J connectivity index is 1.60. The zero-order chi connectivity index (χ0) is 16.6. The number of hydrogen-bond donors (Lipinski definition) is 1. The monoisotopic (exact) mass is 382 g/mol. The lowest BCUT2D eigenvalue weighted by Gasteiger charge is -2.26. The second-order valence-electron chi connectivity index (χ2n) is 7.38. The quantitative estimate of drug-likeness (QED) is 0.849. The van der Waals surface area contributed by atoms with E-state index in [1.54, 1.807) is 0 Å². The highest BCUT2D eigenvalue weighted by atomic mass is 79.9. The summed E-state index contributed by atoms with van der Waals surface area (Å²) < 4.78 is 6.22. The predicted molar refractivity (Wildman–Crippen MR) is 91.2 cm³/mol. The molecule has 1 aliphatic heterocycles. The second kappa shape index (κ2) is 6.26. The van der Waals surface area contributed by atoms with Crippen molar-refractivity contribution in [2.45, 2.75) is 45.3 Å². The lowest BCUT2D eigenvalue weighted by molar-refractivity contribution is 0.0280. The van der Waals surface area contributed by atoms with Gasteiger partial charge in [0.25, 0.3) is 0 Å². The number of halogens is 1. The molecule has 3 rings (SSSR count). The van der Waals surface area contributed by atoms with Gasteiger partial charge in [-0.15, -0.1) is 10.2 Å². The van der Waals surface area contributed by atoms with Crippen LogP contribution in [0, 0.1) is 11.8 Å². The lowest BCUT2D eigenvalue weighted by atomic mass is 9.98. The smallest absolute Gasteiger partial charge is 0.410 e. The summed E-state index contributed by atoms with van der Waals surface area (Å²) in [5.41, 5.74) is -0.445. The molecule has 126 valence electrons. The summed E-state index contributed by atoms with van der Waals surface area (Å²) in [6.45, 7) is 7.25. The first-order valence-corrected chi connectivity index (χ1v) is 8.85. The normalized spacial score (nSPS) is 27.0. The molecule has 0 bridgehead atoms. The van der Waals surface area contributed by atoms with Gasteiger partial charge in [-0.05, 0) is 67.6 Å². The van der Waals surface area contributed by atoms with Gasteiger partial charge in [0.2, 0.25) is 0 Å². The Bertz CT molecular complexity index is 572. The largest absolute Gasteiger partial charge is 0.444 e.